The summed E-state index contributed by atoms with van der Waals surface area (Å²) in [7, 11) is 1.44. The van der Waals surface area contributed by atoms with Gasteiger partial charge in [0.1, 0.15) is 17.6 Å². The first-order valence-corrected chi connectivity index (χ1v) is 12.6. The molecule has 5 aliphatic rings. The number of nitrogens with zero attached hydrogens (tertiary/aromatic N) is 1. The van der Waals surface area contributed by atoms with E-state index in [4.69, 9.17) is 4.74 Å². The number of carbonyl (C=O) groups excluding carboxylic acids is 1. The molecule has 1 atom stereocenters. The zero-order valence-corrected chi connectivity index (χ0v) is 20.0. The van der Waals surface area contributed by atoms with E-state index in [0.29, 0.717) is 12.4 Å². The zero-order chi connectivity index (χ0) is 23.5. The van der Waals surface area contributed by atoms with Crippen molar-refractivity contribution in [2.24, 2.45) is 29.1 Å². The molecule has 1 N–H and O–H groups in total. The van der Waals surface area contributed by atoms with Crippen molar-refractivity contribution in [2.45, 2.75) is 77.2 Å². The summed E-state index contributed by atoms with van der Waals surface area (Å²) in [5.74, 6) is 0.754. The number of carbonyl (C=O) groups is 2. The molecule has 0 unspecified atom stereocenters. The Morgan fingerprint density at radius 3 is 2.18 bits per heavy atom. The van der Waals surface area contributed by atoms with Crippen LogP contribution in [0.1, 0.15) is 87.1 Å². The third-order valence-corrected chi connectivity index (χ3v) is 8.67. The first-order chi connectivity index (χ1) is 15.7. The molecule has 0 aliphatic heterocycles. The summed E-state index contributed by atoms with van der Waals surface area (Å²) in [6.45, 7) is 4.13. The van der Waals surface area contributed by atoms with Gasteiger partial charge in [-0.1, -0.05) is 13.8 Å². The molecule has 0 saturated heterocycles. The average Bonchev–Trinajstić information content (AvgIpc) is 3.55. The summed E-state index contributed by atoms with van der Waals surface area (Å²) in [6, 6.07) is 1.99. The van der Waals surface area contributed by atoms with Crippen LogP contribution in [0.25, 0.3) is 0 Å². The lowest BCUT2D eigenvalue weighted by Crippen LogP contribution is -2.48. The fourth-order valence-electron chi connectivity index (χ4n) is 7.49. The van der Waals surface area contributed by atoms with Gasteiger partial charge in [-0.3, -0.25) is 4.79 Å². The van der Waals surface area contributed by atoms with E-state index >= 15 is 4.39 Å². The number of rotatable bonds is 8. The topological polar surface area (TPSA) is 66.8 Å². The zero-order valence-electron chi connectivity index (χ0n) is 20.0. The molecular weight excluding hydrogens is 421 g/mol. The number of carboxylic acid groups (broad SMARTS) is 1. The van der Waals surface area contributed by atoms with Crippen LogP contribution >= 0.6 is 0 Å². The molecule has 0 spiro atoms. The smallest absolute Gasteiger partial charge is 0.326 e. The van der Waals surface area contributed by atoms with Gasteiger partial charge in [0, 0.05) is 18.5 Å². The minimum absolute atomic E-state index is 0.0616. The quantitative estimate of drug-likeness (QED) is 0.561. The first kappa shape index (κ1) is 22.7. The van der Waals surface area contributed by atoms with E-state index in [9.17, 15) is 14.7 Å². The number of hydrogen-bond acceptors (Lipinski definition) is 3. The minimum Gasteiger partial charge on any atom is -0.493 e. The maximum Gasteiger partial charge on any atom is 0.326 e. The van der Waals surface area contributed by atoms with Gasteiger partial charge >= 0.3 is 5.97 Å². The molecule has 5 nitrogen and oxygen atoms in total. The molecule has 6 rings (SSSR count). The van der Waals surface area contributed by atoms with E-state index in [0.717, 1.165) is 41.1 Å². The lowest BCUT2D eigenvalue weighted by atomic mass is 9.50. The number of likely N-dealkylation sites (N-methyl/N-ethyl adjacent to an activating group) is 1. The van der Waals surface area contributed by atoms with Crippen molar-refractivity contribution in [2.75, 3.05) is 13.7 Å². The van der Waals surface area contributed by atoms with Crippen LogP contribution in [0.4, 0.5) is 4.39 Å². The van der Waals surface area contributed by atoms with Crippen molar-refractivity contribution >= 4 is 11.9 Å². The molecule has 5 aliphatic carbocycles. The number of halogens is 1. The van der Waals surface area contributed by atoms with Gasteiger partial charge in [0.15, 0.2) is 0 Å². The molecule has 4 bridgehead atoms. The van der Waals surface area contributed by atoms with Gasteiger partial charge in [-0.2, -0.15) is 0 Å². The Morgan fingerprint density at radius 2 is 1.70 bits per heavy atom. The van der Waals surface area contributed by atoms with Gasteiger partial charge in [0.05, 0.1) is 12.2 Å². The molecule has 33 heavy (non-hydrogen) atoms. The second-order valence-corrected chi connectivity index (χ2v) is 11.8. The third-order valence-electron chi connectivity index (χ3n) is 8.67. The lowest BCUT2D eigenvalue weighted by Gasteiger charge is -2.56. The Labute approximate surface area is 195 Å². The van der Waals surface area contributed by atoms with Crippen LogP contribution in [0.15, 0.2) is 12.1 Å². The Hall–Kier alpha value is -2.11. The van der Waals surface area contributed by atoms with Crippen molar-refractivity contribution in [3.8, 4) is 5.75 Å². The van der Waals surface area contributed by atoms with E-state index in [-0.39, 0.29) is 22.8 Å². The van der Waals surface area contributed by atoms with Crippen LogP contribution in [0, 0.1) is 34.9 Å². The van der Waals surface area contributed by atoms with E-state index in [1.807, 2.05) is 0 Å². The summed E-state index contributed by atoms with van der Waals surface area (Å²) in [5.41, 5.74) is 1.06. The van der Waals surface area contributed by atoms with E-state index in [1.165, 1.54) is 51.6 Å². The van der Waals surface area contributed by atoms with Crippen molar-refractivity contribution in [1.82, 2.24) is 4.90 Å². The van der Waals surface area contributed by atoms with Crippen LogP contribution in [-0.2, 0) is 4.79 Å². The lowest BCUT2D eigenvalue weighted by molar-refractivity contribution is -0.143. The van der Waals surface area contributed by atoms with Crippen LogP contribution < -0.4 is 4.74 Å². The normalized spacial score (nSPS) is 31.0. The van der Waals surface area contributed by atoms with Crippen molar-refractivity contribution in [3.05, 3.63) is 29.1 Å². The molecule has 1 aromatic carbocycles. The Bertz CT molecular complexity index is 918. The van der Waals surface area contributed by atoms with Gasteiger partial charge < -0.3 is 14.7 Å². The first-order valence-electron chi connectivity index (χ1n) is 12.6. The number of ether oxygens (including phenoxy) is 1. The highest BCUT2D eigenvalue weighted by Crippen LogP contribution is 2.60. The van der Waals surface area contributed by atoms with E-state index in [1.54, 1.807) is 19.9 Å². The fraction of sp³-hybridized carbons (Fsp3) is 0.704. The summed E-state index contributed by atoms with van der Waals surface area (Å²) in [5, 5.41) is 9.55. The molecular formula is C27H36FNO4. The molecule has 0 radical (unpaired) electrons. The predicted octanol–water partition coefficient (Wildman–Crippen LogP) is 5.48. The van der Waals surface area contributed by atoms with E-state index in [2.05, 4.69) is 0 Å². The second kappa shape index (κ2) is 8.28. The van der Waals surface area contributed by atoms with Gasteiger partial charge in [-0.25, -0.2) is 9.18 Å². The van der Waals surface area contributed by atoms with Gasteiger partial charge in [-0.05, 0) is 92.6 Å². The van der Waals surface area contributed by atoms with Crippen molar-refractivity contribution in [1.29, 1.82) is 0 Å². The summed E-state index contributed by atoms with van der Waals surface area (Å²) >= 11 is 0. The molecule has 6 heteroatoms. The molecule has 0 heterocycles. The molecule has 0 aromatic heterocycles. The number of benzene rings is 1. The summed E-state index contributed by atoms with van der Waals surface area (Å²) < 4.78 is 21.6. The predicted molar refractivity (Wildman–Crippen MR) is 123 cm³/mol. The monoisotopic (exact) mass is 457 g/mol. The molecule has 1 aromatic rings. The van der Waals surface area contributed by atoms with E-state index < -0.39 is 23.7 Å². The van der Waals surface area contributed by atoms with Crippen LogP contribution in [0.2, 0.25) is 0 Å². The molecule has 180 valence electrons. The maximum absolute atomic E-state index is 15.2. The van der Waals surface area contributed by atoms with Gasteiger partial charge in [-0.15, -0.1) is 0 Å². The third kappa shape index (κ3) is 4.26. The molecule has 5 saturated carbocycles. The Kier molecular flexibility index (Phi) is 5.69. The minimum atomic E-state index is -1.08. The number of hydrogen-bond donors (Lipinski definition) is 1. The Balaban J connectivity index is 1.37. The average molecular weight is 458 g/mol. The second-order valence-electron chi connectivity index (χ2n) is 11.8. The molecule has 5 fully saturated rings. The fourth-order valence-corrected chi connectivity index (χ4v) is 7.49. The highest BCUT2D eigenvalue weighted by atomic mass is 19.1. The van der Waals surface area contributed by atoms with Gasteiger partial charge in [0.25, 0.3) is 5.91 Å². The van der Waals surface area contributed by atoms with Crippen LogP contribution in [0.3, 0.4) is 0 Å². The van der Waals surface area contributed by atoms with Crippen molar-refractivity contribution in [3.63, 3.8) is 0 Å². The highest BCUT2D eigenvalue weighted by Gasteiger charge is 2.51. The number of aliphatic carboxylic acids is 1. The largest absolute Gasteiger partial charge is 0.493 e. The maximum atomic E-state index is 15.2. The standard InChI is InChI=1S/C27H36FNO4/c1-15(2)24(26(31)32)29(3)25(30)21-9-20(19-4-5-19)23(10-22(21)28)33-14-27-11-16-6-17(12-27)8-18(7-16)13-27/h9-10,15-19,24H,4-8,11-14H2,1-3H3,(H,31,32)/t16?,17?,18?,24-,27?/m0/s1. The molecule has 1 amide bonds. The highest BCUT2D eigenvalue weighted by molar-refractivity contribution is 5.97. The Morgan fingerprint density at radius 1 is 1.12 bits per heavy atom. The van der Waals surface area contributed by atoms with Gasteiger partial charge in [0.2, 0.25) is 0 Å². The van der Waals surface area contributed by atoms with Crippen molar-refractivity contribution < 1.29 is 23.8 Å². The SMILES string of the molecule is CC(C)[C@@H](C(=O)O)N(C)C(=O)c1cc(C2CC2)c(OCC23CC4CC(CC(C4)C2)C3)cc1F. The van der Waals surface area contributed by atoms with Crippen LogP contribution in [-0.4, -0.2) is 41.6 Å². The number of carboxylic acids is 1. The van der Waals surface area contributed by atoms with Crippen LogP contribution in [0.5, 0.6) is 5.75 Å². The summed E-state index contributed by atoms with van der Waals surface area (Å²) in [4.78, 5) is 25.9. The summed E-state index contributed by atoms with van der Waals surface area (Å²) in [6.07, 6.45) is 9.82. The number of amides is 1.